The minimum atomic E-state index is -1.65. The molecule has 8 aliphatic rings. The lowest BCUT2D eigenvalue weighted by Gasteiger charge is -2.54. The van der Waals surface area contributed by atoms with Gasteiger partial charge in [-0.15, -0.1) is 0 Å². The van der Waals surface area contributed by atoms with Crippen LogP contribution in [0.2, 0.25) is 0 Å². The van der Waals surface area contributed by atoms with Gasteiger partial charge in [0.05, 0.1) is 52.9 Å². The Balaban J connectivity index is 0.800. The van der Waals surface area contributed by atoms with Crippen molar-refractivity contribution in [3.05, 3.63) is 287 Å². The van der Waals surface area contributed by atoms with E-state index in [1.54, 1.807) is 0 Å². The van der Waals surface area contributed by atoms with Crippen molar-refractivity contribution in [3.63, 3.8) is 0 Å². The largest absolute Gasteiger partial charge is 0.385 e. The smallest absolute Gasteiger partial charge is 0.187 e. The minimum absolute atomic E-state index is 0.00217. The zero-order valence-electron chi connectivity index (χ0n) is 55.3. The van der Waals surface area contributed by atoms with Gasteiger partial charge in [-0.2, -0.15) is 0 Å². The lowest BCUT2D eigenvalue weighted by Crippen LogP contribution is -2.70. The molecule has 24 atom stereocenters. The highest BCUT2D eigenvalue weighted by atomic mass is 16.8. The summed E-state index contributed by atoms with van der Waals surface area (Å²) in [6.07, 6.45) is -26.5. The first-order valence-corrected chi connectivity index (χ1v) is 34.7. The van der Waals surface area contributed by atoms with E-state index in [0.29, 0.717) is 0 Å². The number of hydrogen-bond donors (Lipinski definition) is 2. The van der Waals surface area contributed by atoms with Crippen LogP contribution in [0.5, 0.6) is 0 Å². The van der Waals surface area contributed by atoms with Crippen molar-refractivity contribution >= 4 is 0 Å². The second-order valence-corrected chi connectivity index (χ2v) is 26.2. The van der Waals surface area contributed by atoms with Crippen LogP contribution in [-0.4, -0.2) is 159 Å². The fourth-order valence-electron chi connectivity index (χ4n) is 14.4. The molecule has 0 aromatic heterocycles. The summed E-state index contributed by atoms with van der Waals surface area (Å²) in [7, 11) is 0. The molecule has 21 heteroatoms. The molecule has 0 radical (unpaired) electrons. The molecule has 8 aromatic carbocycles. The number of aliphatic hydroxyl groups is 2. The van der Waals surface area contributed by atoms with E-state index >= 15 is 0 Å². The zero-order chi connectivity index (χ0) is 67.9. The molecule has 2 N–H and O–H groups in total. The van der Waals surface area contributed by atoms with Crippen LogP contribution in [0.4, 0.5) is 0 Å². The van der Waals surface area contributed by atoms with Gasteiger partial charge in [0.2, 0.25) is 0 Å². The molecule has 101 heavy (non-hydrogen) atoms. The SMILES string of the molecule is OC1OC2COC(c3ccccc3)O[C@H]2[C@@H](OCc2ccccc2)C1O[C@@H]1OC2COC(c3ccccc3)O[C@H]2[C@@H](OCc2ccccc2)C1O[C@@H]1OC2COC(c3ccccc3)O[C@H]2[C@@H](OCc2ccccc2)C1O[C@@H]1OC2COC(c3ccccc3)O[C@H]2[C@@H](OCc2ccccc2)C1O. The van der Waals surface area contributed by atoms with Gasteiger partial charge in [-0.3, -0.25) is 0 Å². The number of rotatable bonds is 22. The Morgan fingerprint density at radius 3 is 0.832 bits per heavy atom. The number of hydrogen-bond acceptors (Lipinski definition) is 21. The van der Waals surface area contributed by atoms with Gasteiger partial charge in [-0.25, -0.2) is 0 Å². The number of aliphatic hydroxyl groups excluding tert-OH is 2. The average Bonchev–Trinajstić information content (AvgIpc) is 0.753. The Kier molecular flexibility index (Phi) is 21.9. The van der Waals surface area contributed by atoms with Gasteiger partial charge in [-0.05, 0) is 22.3 Å². The Labute approximate surface area is 585 Å². The van der Waals surface area contributed by atoms with Crippen LogP contribution in [0.25, 0.3) is 0 Å². The molecule has 8 aromatic rings. The van der Waals surface area contributed by atoms with E-state index in [9.17, 15) is 10.2 Å². The first-order valence-electron chi connectivity index (χ1n) is 34.7. The Hall–Kier alpha value is -7.08. The molecule has 0 bridgehead atoms. The van der Waals surface area contributed by atoms with E-state index < -0.39 is 148 Å². The van der Waals surface area contributed by atoms with Gasteiger partial charge in [0.25, 0.3) is 0 Å². The third kappa shape index (κ3) is 15.7. The number of ether oxygens (including phenoxy) is 19. The van der Waals surface area contributed by atoms with E-state index in [-0.39, 0.29) is 52.9 Å². The van der Waals surface area contributed by atoms with Gasteiger partial charge >= 0.3 is 0 Å². The summed E-state index contributed by atoms with van der Waals surface area (Å²) < 4.78 is 132. The predicted molar refractivity (Wildman–Crippen MR) is 358 cm³/mol. The summed E-state index contributed by atoms with van der Waals surface area (Å²) >= 11 is 0. The van der Waals surface area contributed by atoms with Crippen LogP contribution in [0.1, 0.15) is 69.7 Å². The molecule has 528 valence electrons. The molecular formula is C80H82O21. The van der Waals surface area contributed by atoms with Crippen molar-refractivity contribution in [1.29, 1.82) is 0 Å². The van der Waals surface area contributed by atoms with Crippen LogP contribution in [0.3, 0.4) is 0 Å². The highest BCUT2D eigenvalue weighted by Gasteiger charge is 2.61. The van der Waals surface area contributed by atoms with Gasteiger partial charge in [0, 0.05) is 22.3 Å². The number of fused-ring (bicyclic) bond motifs is 4. The van der Waals surface area contributed by atoms with Crippen LogP contribution in [0.15, 0.2) is 243 Å². The molecular weight excluding hydrogens is 1300 g/mol. The maximum absolute atomic E-state index is 13.2. The van der Waals surface area contributed by atoms with Gasteiger partial charge in [-0.1, -0.05) is 243 Å². The van der Waals surface area contributed by atoms with Crippen molar-refractivity contribution in [1.82, 2.24) is 0 Å². The molecule has 8 fully saturated rings. The Morgan fingerprint density at radius 2 is 0.505 bits per heavy atom. The van der Waals surface area contributed by atoms with Crippen molar-refractivity contribution < 1.29 is 100 Å². The third-order valence-electron chi connectivity index (χ3n) is 19.5. The van der Waals surface area contributed by atoms with Gasteiger partial charge in [0.1, 0.15) is 97.7 Å². The molecule has 16 rings (SSSR count). The quantitative estimate of drug-likeness (QED) is 0.0645. The van der Waals surface area contributed by atoms with Crippen LogP contribution in [0, 0.1) is 0 Å². The first kappa shape index (κ1) is 68.4. The van der Waals surface area contributed by atoms with E-state index in [0.717, 1.165) is 44.5 Å². The molecule has 0 amide bonds. The van der Waals surface area contributed by atoms with Gasteiger partial charge in [0.15, 0.2) is 50.3 Å². The lowest BCUT2D eigenvalue weighted by molar-refractivity contribution is -0.439. The third-order valence-corrected chi connectivity index (χ3v) is 19.5. The molecule has 21 nitrogen and oxygen atoms in total. The van der Waals surface area contributed by atoms with Crippen molar-refractivity contribution in [2.45, 2.75) is 174 Å². The van der Waals surface area contributed by atoms with E-state index in [2.05, 4.69) is 0 Å². The van der Waals surface area contributed by atoms with Crippen molar-refractivity contribution in [3.8, 4) is 0 Å². The summed E-state index contributed by atoms with van der Waals surface area (Å²) in [6, 6.07) is 77.2. The summed E-state index contributed by atoms with van der Waals surface area (Å²) in [5.41, 5.74) is 6.48. The summed E-state index contributed by atoms with van der Waals surface area (Å²) in [5, 5.41) is 25.7. The topological polar surface area (TPSA) is 216 Å². The molecule has 8 saturated heterocycles. The highest BCUT2D eigenvalue weighted by molar-refractivity contribution is 5.23. The molecule has 8 aliphatic heterocycles. The monoisotopic (exact) mass is 1380 g/mol. The van der Waals surface area contributed by atoms with Crippen LogP contribution in [-0.2, 0) is 116 Å². The lowest BCUT2D eigenvalue weighted by atomic mass is 9.94. The molecule has 13 unspecified atom stereocenters. The minimum Gasteiger partial charge on any atom is -0.385 e. The molecule has 8 heterocycles. The highest BCUT2D eigenvalue weighted by Crippen LogP contribution is 2.46. The maximum Gasteiger partial charge on any atom is 0.187 e. The van der Waals surface area contributed by atoms with E-state index in [1.165, 1.54) is 0 Å². The predicted octanol–water partition coefficient (Wildman–Crippen LogP) is 10.2. The first-order chi connectivity index (χ1) is 49.9. The zero-order valence-corrected chi connectivity index (χ0v) is 55.3. The van der Waals surface area contributed by atoms with Crippen LogP contribution >= 0.6 is 0 Å². The fraction of sp³-hybridized carbons (Fsp3) is 0.400. The summed E-state index contributed by atoms with van der Waals surface area (Å²) in [5.74, 6) is 0. The second-order valence-electron chi connectivity index (χ2n) is 26.2. The normalized spacial score (nSPS) is 35.4. The maximum atomic E-state index is 13.2. The summed E-state index contributed by atoms with van der Waals surface area (Å²) in [6.45, 7) is 0.446. The average molecular weight is 1380 g/mol. The number of benzene rings is 8. The molecule has 0 saturated carbocycles. The second kappa shape index (κ2) is 32.3. The van der Waals surface area contributed by atoms with Crippen molar-refractivity contribution in [2.75, 3.05) is 26.4 Å². The summed E-state index contributed by atoms with van der Waals surface area (Å²) in [4.78, 5) is 0. The fourth-order valence-corrected chi connectivity index (χ4v) is 14.4. The standard InChI is InChI=1S/C80H82O21/c81-61-66(83-41-49-25-9-1-10-26-49)62-58(46-88-74(95-62)53-33-17-5-18-34-53)92-78(61)100-71-68(85-43-51-29-13-3-14-30-51)64-60(48-90-76(97-64)55-37-21-7-22-38-55)94-80(71)101-72-69(86-44-52-31-15-4-16-32-52)65-59(47-89-77(98-65)56-39-23-8-24-40-56)93-79(72)99-70-67(84-42-50-27-11-2-12-28-50)63-57(91-73(70)82)45-87-75(96-63)54-35-19-6-20-36-54/h1-40,57-82H,41-48H2/t57?,58?,59?,60?,61?,62-,63-,64-,65-,66+,67-,68-,69-,70?,71?,72?,73?,74?,75?,76?,77?,78+,79+,80+/m1/s1. The Morgan fingerprint density at radius 1 is 0.257 bits per heavy atom. The van der Waals surface area contributed by atoms with Crippen LogP contribution < -0.4 is 0 Å². The van der Waals surface area contributed by atoms with E-state index in [1.807, 2.05) is 243 Å². The molecule has 0 spiro atoms. The van der Waals surface area contributed by atoms with Crippen molar-refractivity contribution in [2.24, 2.45) is 0 Å². The molecule has 0 aliphatic carbocycles. The van der Waals surface area contributed by atoms with Gasteiger partial charge < -0.3 is 100 Å². The van der Waals surface area contributed by atoms with E-state index in [4.69, 9.17) is 90.0 Å². The Bertz CT molecular complexity index is 3810.